The predicted molar refractivity (Wildman–Crippen MR) is 102 cm³/mol. The quantitative estimate of drug-likeness (QED) is 0.776. The van der Waals surface area contributed by atoms with Gasteiger partial charge >= 0.3 is 0 Å². The first-order valence-corrected chi connectivity index (χ1v) is 10.1. The molecule has 0 unspecified atom stereocenters. The molecule has 0 saturated heterocycles. The van der Waals surface area contributed by atoms with E-state index in [1.165, 1.54) is 26.2 Å². The second-order valence-corrected chi connectivity index (χ2v) is 8.61. The molecule has 1 aromatic heterocycles. The van der Waals surface area contributed by atoms with Crippen LogP contribution in [0.25, 0.3) is 0 Å². The number of aryl methyl sites for hydroxylation is 2. The number of benzene rings is 1. The van der Waals surface area contributed by atoms with Crippen molar-refractivity contribution in [1.82, 2.24) is 14.1 Å². The number of halogens is 1. The number of rotatable bonds is 7. The van der Waals surface area contributed by atoms with Crippen molar-refractivity contribution < 1.29 is 13.2 Å². The average molecular weight is 399 g/mol. The molecular weight excluding hydrogens is 376 g/mol. The van der Waals surface area contributed by atoms with Gasteiger partial charge in [0, 0.05) is 26.3 Å². The topological polar surface area (TPSA) is 84.3 Å². The summed E-state index contributed by atoms with van der Waals surface area (Å²) >= 11 is 6.31. The summed E-state index contributed by atoms with van der Waals surface area (Å²) in [5, 5.41) is 7.30. The van der Waals surface area contributed by atoms with E-state index in [0.29, 0.717) is 23.5 Å². The van der Waals surface area contributed by atoms with E-state index in [0.717, 1.165) is 17.1 Å². The number of nitrogens with zero attached hydrogens (tertiary/aromatic N) is 3. The number of amides is 1. The largest absolute Gasteiger partial charge is 0.322 e. The highest BCUT2D eigenvalue weighted by atomic mass is 35.5. The van der Waals surface area contributed by atoms with Gasteiger partial charge in [-0.3, -0.25) is 9.48 Å². The van der Waals surface area contributed by atoms with Gasteiger partial charge in [-0.1, -0.05) is 31.0 Å². The van der Waals surface area contributed by atoms with Crippen LogP contribution >= 0.6 is 11.6 Å². The van der Waals surface area contributed by atoms with E-state index in [1.54, 1.807) is 23.7 Å². The van der Waals surface area contributed by atoms with Crippen LogP contribution in [0.3, 0.4) is 0 Å². The van der Waals surface area contributed by atoms with Crippen LogP contribution in [-0.2, 0) is 16.6 Å². The maximum atomic E-state index is 12.6. The van der Waals surface area contributed by atoms with Crippen LogP contribution in [0.2, 0.25) is 5.15 Å². The number of hydrogen-bond acceptors (Lipinski definition) is 4. The number of carbonyl (C=O) groups excluding carboxylic acids is 1. The first-order chi connectivity index (χ1) is 12.2. The van der Waals surface area contributed by atoms with Crippen LogP contribution in [0.5, 0.6) is 0 Å². The van der Waals surface area contributed by atoms with Gasteiger partial charge in [0.05, 0.1) is 16.2 Å². The summed E-state index contributed by atoms with van der Waals surface area (Å²) in [5.41, 5.74) is 1.19. The molecule has 0 radical (unpaired) electrons. The summed E-state index contributed by atoms with van der Waals surface area (Å²) in [6.07, 6.45) is 1.90. The number of nitrogens with one attached hydrogen (secondary N) is 1. The zero-order chi connectivity index (χ0) is 19.5. The van der Waals surface area contributed by atoms with E-state index in [1.807, 2.05) is 0 Å². The van der Waals surface area contributed by atoms with Crippen molar-refractivity contribution in [2.45, 2.75) is 38.1 Å². The van der Waals surface area contributed by atoms with Crippen molar-refractivity contribution in [1.29, 1.82) is 0 Å². The Hall–Kier alpha value is -1.90. The number of unbranched alkanes of at least 4 members (excludes halogenated alkanes) is 1. The molecule has 26 heavy (non-hydrogen) atoms. The number of sulfonamides is 1. The maximum Gasteiger partial charge on any atom is 0.260 e. The van der Waals surface area contributed by atoms with Crippen LogP contribution in [0.1, 0.15) is 35.8 Å². The van der Waals surface area contributed by atoms with Crippen molar-refractivity contribution in [2.75, 3.05) is 19.4 Å². The smallest absolute Gasteiger partial charge is 0.260 e. The lowest BCUT2D eigenvalue weighted by atomic mass is 10.2. The molecule has 0 atom stereocenters. The zero-order valence-electron chi connectivity index (χ0n) is 15.3. The van der Waals surface area contributed by atoms with Crippen LogP contribution < -0.4 is 5.32 Å². The fourth-order valence-corrected chi connectivity index (χ4v) is 3.70. The molecule has 0 spiro atoms. The van der Waals surface area contributed by atoms with Crippen LogP contribution in [0.4, 0.5) is 5.69 Å². The number of hydrogen-bond donors (Lipinski definition) is 1. The predicted octanol–water partition coefficient (Wildman–Crippen LogP) is 3.15. The molecule has 7 nitrogen and oxygen atoms in total. The lowest BCUT2D eigenvalue weighted by Gasteiger charge is -2.12. The highest BCUT2D eigenvalue weighted by Gasteiger charge is 2.21. The normalized spacial score (nSPS) is 11.8. The third kappa shape index (κ3) is 4.25. The molecule has 0 aliphatic carbocycles. The maximum absolute atomic E-state index is 12.6. The van der Waals surface area contributed by atoms with Crippen LogP contribution in [0.15, 0.2) is 29.2 Å². The summed E-state index contributed by atoms with van der Waals surface area (Å²) in [5.74, 6) is -0.422. The SMILES string of the molecule is CCCCn1nc(C)c(C(=O)Nc2cccc(S(=O)(=O)N(C)C)c2)c1Cl. The number of anilines is 1. The van der Waals surface area contributed by atoms with E-state index in [9.17, 15) is 13.2 Å². The zero-order valence-corrected chi connectivity index (χ0v) is 16.9. The van der Waals surface area contributed by atoms with Crippen molar-refractivity contribution in [3.63, 3.8) is 0 Å². The van der Waals surface area contributed by atoms with Gasteiger partial charge in [-0.15, -0.1) is 0 Å². The minimum absolute atomic E-state index is 0.0989. The van der Waals surface area contributed by atoms with Crippen molar-refractivity contribution >= 4 is 33.2 Å². The van der Waals surface area contributed by atoms with Crippen LogP contribution in [-0.4, -0.2) is 42.5 Å². The van der Waals surface area contributed by atoms with Gasteiger partial charge < -0.3 is 5.32 Å². The van der Waals surface area contributed by atoms with Crippen molar-refractivity contribution in [2.24, 2.45) is 0 Å². The first-order valence-electron chi connectivity index (χ1n) is 8.25. The highest BCUT2D eigenvalue weighted by molar-refractivity contribution is 7.89. The van der Waals surface area contributed by atoms with E-state index < -0.39 is 15.9 Å². The Balaban J connectivity index is 2.28. The van der Waals surface area contributed by atoms with Gasteiger partial charge in [0.15, 0.2) is 0 Å². The van der Waals surface area contributed by atoms with E-state index in [-0.39, 0.29) is 10.0 Å². The molecular formula is C17H23ClN4O3S. The molecule has 2 aromatic rings. The Morgan fingerprint density at radius 2 is 2.04 bits per heavy atom. The fourth-order valence-electron chi connectivity index (χ4n) is 2.41. The number of carbonyl (C=O) groups is 1. The third-order valence-corrected chi connectivity index (χ3v) is 6.08. The van der Waals surface area contributed by atoms with Gasteiger partial charge in [-0.05, 0) is 31.5 Å². The molecule has 2 rings (SSSR count). The van der Waals surface area contributed by atoms with E-state index in [4.69, 9.17) is 11.6 Å². The van der Waals surface area contributed by atoms with Gasteiger partial charge in [0.2, 0.25) is 10.0 Å². The molecule has 0 bridgehead atoms. The molecule has 142 valence electrons. The second kappa shape index (κ2) is 8.20. The Labute approximate surface area is 159 Å². The van der Waals surface area contributed by atoms with Crippen molar-refractivity contribution in [3.05, 3.63) is 40.7 Å². The second-order valence-electron chi connectivity index (χ2n) is 6.10. The Morgan fingerprint density at radius 3 is 2.65 bits per heavy atom. The molecule has 0 aliphatic heterocycles. The van der Waals surface area contributed by atoms with Crippen LogP contribution in [0, 0.1) is 6.92 Å². The lowest BCUT2D eigenvalue weighted by Crippen LogP contribution is -2.22. The minimum Gasteiger partial charge on any atom is -0.322 e. The summed E-state index contributed by atoms with van der Waals surface area (Å²) in [6.45, 7) is 4.42. The molecule has 9 heteroatoms. The summed E-state index contributed by atoms with van der Waals surface area (Å²) in [7, 11) is -0.677. The number of aromatic nitrogens is 2. The molecule has 0 aliphatic rings. The minimum atomic E-state index is -3.58. The first kappa shape index (κ1) is 20.4. The van der Waals surface area contributed by atoms with Gasteiger partial charge in [-0.2, -0.15) is 5.10 Å². The Kier molecular flexibility index (Phi) is 6.44. The fraction of sp³-hybridized carbons (Fsp3) is 0.412. The lowest BCUT2D eigenvalue weighted by molar-refractivity contribution is 0.102. The summed E-state index contributed by atoms with van der Waals surface area (Å²) < 4.78 is 27.2. The average Bonchev–Trinajstić information content (AvgIpc) is 2.86. The Bertz CT molecular complexity index is 907. The standard InChI is InChI=1S/C17H23ClN4O3S/c1-5-6-10-22-16(18)15(12(2)20-22)17(23)19-13-8-7-9-14(11-13)26(24,25)21(3)4/h7-9,11H,5-6,10H2,1-4H3,(H,19,23). The van der Waals surface area contributed by atoms with Gasteiger partial charge in [-0.25, -0.2) is 12.7 Å². The van der Waals surface area contributed by atoms with Crippen molar-refractivity contribution in [3.8, 4) is 0 Å². The Morgan fingerprint density at radius 1 is 1.35 bits per heavy atom. The third-order valence-electron chi connectivity index (χ3n) is 3.89. The van der Waals surface area contributed by atoms with Gasteiger partial charge in [0.1, 0.15) is 5.15 Å². The molecule has 0 fully saturated rings. The molecule has 1 aromatic carbocycles. The molecule has 1 amide bonds. The van der Waals surface area contributed by atoms with E-state index in [2.05, 4.69) is 17.3 Å². The molecule has 0 saturated carbocycles. The summed E-state index contributed by atoms with van der Waals surface area (Å²) in [4.78, 5) is 12.7. The summed E-state index contributed by atoms with van der Waals surface area (Å²) in [6, 6.07) is 6.09. The van der Waals surface area contributed by atoms with Gasteiger partial charge in [0.25, 0.3) is 5.91 Å². The molecule has 1 heterocycles. The highest BCUT2D eigenvalue weighted by Crippen LogP contribution is 2.23. The monoisotopic (exact) mass is 398 g/mol. The van der Waals surface area contributed by atoms with E-state index >= 15 is 0 Å². The molecule has 1 N–H and O–H groups in total.